The van der Waals surface area contributed by atoms with E-state index in [2.05, 4.69) is 5.32 Å². The van der Waals surface area contributed by atoms with Crippen molar-refractivity contribution in [2.24, 2.45) is 0 Å². The third kappa shape index (κ3) is 4.14. The first-order valence-corrected chi connectivity index (χ1v) is 11.5. The van der Waals surface area contributed by atoms with Crippen molar-refractivity contribution < 1.29 is 22.7 Å². The number of fused-ring (bicyclic) bond motifs is 1. The molecular formula is C21H23NO5S. The van der Waals surface area contributed by atoms with Crippen LogP contribution in [0.4, 0.5) is 5.69 Å². The zero-order valence-corrected chi connectivity index (χ0v) is 16.6. The summed E-state index contributed by atoms with van der Waals surface area (Å²) in [5.41, 5.74) is 1.59. The fourth-order valence-electron chi connectivity index (χ4n) is 3.77. The van der Waals surface area contributed by atoms with Crippen molar-refractivity contribution in [1.29, 1.82) is 0 Å². The van der Waals surface area contributed by atoms with E-state index in [0.29, 0.717) is 28.3 Å². The highest BCUT2D eigenvalue weighted by molar-refractivity contribution is 7.89. The van der Waals surface area contributed by atoms with Crippen LogP contribution in [0.15, 0.2) is 42.5 Å². The van der Waals surface area contributed by atoms with Gasteiger partial charge in [0.1, 0.15) is 0 Å². The molecule has 0 atom stereocenters. The van der Waals surface area contributed by atoms with Crippen molar-refractivity contribution in [1.82, 2.24) is 0 Å². The Kier molecular flexibility index (Phi) is 4.79. The molecule has 7 heteroatoms. The monoisotopic (exact) mass is 401 g/mol. The lowest BCUT2D eigenvalue weighted by molar-refractivity contribution is -0.105. The molecule has 0 bridgehead atoms. The van der Waals surface area contributed by atoms with E-state index in [1.807, 2.05) is 6.07 Å². The Labute approximate surface area is 164 Å². The molecule has 4 rings (SSSR count). The maximum absolute atomic E-state index is 12.6. The van der Waals surface area contributed by atoms with Crippen molar-refractivity contribution in [2.45, 2.75) is 43.6 Å². The molecule has 2 aromatic rings. The Morgan fingerprint density at radius 3 is 2.54 bits per heavy atom. The van der Waals surface area contributed by atoms with Crippen LogP contribution in [0.1, 0.15) is 48.0 Å². The summed E-state index contributed by atoms with van der Waals surface area (Å²) in [5.74, 6) is 0.394. The molecule has 2 aliphatic rings. The van der Waals surface area contributed by atoms with Crippen LogP contribution < -0.4 is 14.8 Å². The van der Waals surface area contributed by atoms with Gasteiger partial charge in [-0.25, -0.2) is 8.42 Å². The molecule has 2 aromatic carbocycles. The van der Waals surface area contributed by atoms with Gasteiger partial charge in [0.15, 0.2) is 21.3 Å². The van der Waals surface area contributed by atoms with E-state index in [4.69, 9.17) is 9.47 Å². The zero-order valence-electron chi connectivity index (χ0n) is 15.7. The number of nitrogens with one attached hydrogen (secondary N) is 1. The summed E-state index contributed by atoms with van der Waals surface area (Å²) in [7, 11) is -3.16. The molecule has 0 saturated heterocycles. The van der Waals surface area contributed by atoms with Crippen molar-refractivity contribution in [2.75, 3.05) is 11.6 Å². The fraction of sp³-hybridized carbons (Fsp3) is 0.381. The Balaban J connectivity index is 1.48. The van der Waals surface area contributed by atoms with Crippen LogP contribution in [-0.4, -0.2) is 26.4 Å². The van der Waals surface area contributed by atoms with Crippen LogP contribution in [0.3, 0.4) is 0 Å². The maximum Gasteiger partial charge on any atom is 0.255 e. The van der Waals surface area contributed by atoms with E-state index in [1.54, 1.807) is 36.4 Å². The summed E-state index contributed by atoms with van der Waals surface area (Å²) in [4.78, 5) is 12.6. The number of amides is 1. The van der Waals surface area contributed by atoms with Gasteiger partial charge in [-0.3, -0.25) is 4.79 Å². The Morgan fingerprint density at radius 2 is 1.79 bits per heavy atom. The predicted molar refractivity (Wildman–Crippen MR) is 106 cm³/mol. The minimum absolute atomic E-state index is 0.0970. The SMILES string of the molecule is CS(=O)(=O)Cc1cccc(C(=O)Nc2ccc3c(c2)OC2(CCCCC2)O3)c1. The summed E-state index contributed by atoms with van der Waals surface area (Å²) < 4.78 is 35.1. The molecule has 1 aliphatic heterocycles. The zero-order chi connectivity index (χ0) is 19.8. The van der Waals surface area contributed by atoms with E-state index in [9.17, 15) is 13.2 Å². The van der Waals surface area contributed by atoms with Crippen LogP contribution in [0, 0.1) is 0 Å². The van der Waals surface area contributed by atoms with E-state index in [-0.39, 0.29) is 11.7 Å². The largest absolute Gasteiger partial charge is 0.448 e. The van der Waals surface area contributed by atoms with Gasteiger partial charge >= 0.3 is 0 Å². The summed E-state index contributed by atoms with van der Waals surface area (Å²) in [6, 6.07) is 12.0. The van der Waals surface area contributed by atoms with E-state index in [0.717, 1.165) is 25.7 Å². The van der Waals surface area contributed by atoms with Crippen LogP contribution >= 0.6 is 0 Å². The summed E-state index contributed by atoms with van der Waals surface area (Å²) in [6.45, 7) is 0. The van der Waals surface area contributed by atoms with Gasteiger partial charge in [0, 0.05) is 36.4 Å². The van der Waals surface area contributed by atoms with Crippen molar-refractivity contribution in [3.05, 3.63) is 53.6 Å². The lowest BCUT2D eigenvalue weighted by atomic mass is 9.94. The number of anilines is 1. The number of sulfone groups is 1. The molecule has 0 radical (unpaired) electrons. The van der Waals surface area contributed by atoms with Gasteiger partial charge in [0.05, 0.1) is 5.75 Å². The standard InChI is InChI=1S/C21H23NO5S/c1-28(24,25)14-15-6-5-7-16(12-15)20(23)22-17-8-9-18-19(13-17)27-21(26-18)10-3-2-4-11-21/h5-9,12-13H,2-4,10-11,14H2,1H3,(H,22,23). The second kappa shape index (κ2) is 7.13. The molecule has 6 nitrogen and oxygen atoms in total. The minimum Gasteiger partial charge on any atom is -0.448 e. The normalized spacial score (nSPS) is 17.5. The lowest BCUT2D eigenvalue weighted by Crippen LogP contribution is -2.40. The molecule has 0 aromatic heterocycles. The summed E-state index contributed by atoms with van der Waals surface area (Å²) in [6.07, 6.45) is 6.28. The van der Waals surface area contributed by atoms with E-state index >= 15 is 0 Å². The molecule has 148 valence electrons. The smallest absolute Gasteiger partial charge is 0.255 e. The highest BCUT2D eigenvalue weighted by Gasteiger charge is 2.42. The second-order valence-electron chi connectivity index (χ2n) is 7.56. The van der Waals surface area contributed by atoms with Crippen molar-refractivity contribution >= 4 is 21.4 Å². The Hall–Kier alpha value is -2.54. The number of carbonyl (C=O) groups is 1. The lowest BCUT2D eigenvalue weighted by Gasteiger charge is -2.31. The fourth-order valence-corrected chi connectivity index (χ4v) is 4.56. The number of benzene rings is 2. The predicted octanol–water partition coefficient (Wildman–Crippen LogP) is 3.92. The average Bonchev–Trinajstić information content (AvgIpc) is 2.97. The number of hydrogen-bond acceptors (Lipinski definition) is 5. The van der Waals surface area contributed by atoms with Gasteiger partial charge in [-0.15, -0.1) is 0 Å². The highest BCUT2D eigenvalue weighted by atomic mass is 32.2. The van der Waals surface area contributed by atoms with Crippen molar-refractivity contribution in [3.63, 3.8) is 0 Å². The van der Waals surface area contributed by atoms with Crippen LogP contribution in [0.5, 0.6) is 11.5 Å². The van der Waals surface area contributed by atoms with Gasteiger partial charge in [-0.1, -0.05) is 18.6 Å². The summed E-state index contributed by atoms with van der Waals surface area (Å²) >= 11 is 0. The van der Waals surface area contributed by atoms with Gasteiger partial charge < -0.3 is 14.8 Å². The first kappa shape index (κ1) is 18.8. The Bertz CT molecular complexity index is 1010. The molecule has 1 fully saturated rings. The van der Waals surface area contributed by atoms with Crippen LogP contribution in [-0.2, 0) is 15.6 Å². The molecule has 1 heterocycles. The third-order valence-corrected chi connectivity index (χ3v) is 5.88. The first-order valence-electron chi connectivity index (χ1n) is 9.42. The van der Waals surface area contributed by atoms with E-state index in [1.165, 1.54) is 12.7 Å². The maximum atomic E-state index is 12.6. The quantitative estimate of drug-likeness (QED) is 0.840. The second-order valence-corrected chi connectivity index (χ2v) is 9.70. The van der Waals surface area contributed by atoms with Crippen LogP contribution in [0.2, 0.25) is 0 Å². The van der Waals surface area contributed by atoms with Gasteiger partial charge in [-0.2, -0.15) is 0 Å². The number of ether oxygens (including phenoxy) is 2. The molecule has 1 saturated carbocycles. The molecule has 1 N–H and O–H groups in total. The van der Waals surface area contributed by atoms with Crippen molar-refractivity contribution in [3.8, 4) is 11.5 Å². The molecule has 28 heavy (non-hydrogen) atoms. The first-order chi connectivity index (χ1) is 13.3. The number of carbonyl (C=O) groups excluding carboxylic acids is 1. The topological polar surface area (TPSA) is 81.7 Å². The number of hydrogen-bond donors (Lipinski definition) is 1. The molecular weight excluding hydrogens is 378 g/mol. The van der Waals surface area contributed by atoms with Crippen LogP contribution in [0.25, 0.3) is 0 Å². The third-order valence-electron chi connectivity index (χ3n) is 5.03. The van der Waals surface area contributed by atoms with Gasteiger partial charge in [-0.05, 0) is 42.7 Å². The molecule has 1 amide bonds. The van der Waals surface area contributed by atoms with Gasteiger partial charge in [0.25, 0.3) is 11.7 Å². The van der Waals surface area contributed by atoms with Gasteiger partial charge in [0.2, 0.25) is 0 Å². The molecule has 1 aliphatic carbocycles. The van der Waals surface area contributed by atoms with E-state index < -0.39 is 15.6 Å². The minimum atomic E-state index is -3.16. The average molecular weight is 401 g/mol. The molecule has 1 spiro atoms. The highest BCUT2D eigenvalue weighted by Crippen LogP contribution is 2.46. The number of rotatable bonds is 4. The Morgan fingerprint density at radius 1 is 1.04 bits per heavy atom. The molecule has 0 unspecified atom stereocenters. The summed E-state index contributed by atoms with van der Waals surface area (Å²) in [5, 5.41) is 2.85.